The number of nitro benzene ring substituents is 1. The van der Waals surface area contributed by atoms with Crippen molar-refractivity contribution in [3.05, 3.63) is 69.5 Å². The molecule has 0 fully saturated rings. The predicted molar refractivity (Wildman–Crippen MR) is 95.7 cm³/mol. The Bertz CT molecular complexity index is 791. The summed E-state index contributed by atoms with van der Waals surface area (Å²) in [5, 5.41) is 16.3. The fourth-order valence-corrected chi connectivity index (χ4v) is 1.97. The molecule has 0 aliphatic heterocycles. The molecule has 2 rings (SSSR count). The summed E-state index contributed by atoms with van der Waals surface area (Å²) >= 11 is 10.7. The fourth-order valence-electron chi connectivity index (χ4n) is 1.64. The Kier molecular flexibility index (Phi) is 5.94. The number of aromatic nitrogens is 1. The molecule has 1 aromatic heterocycles. The maximum atomic E-state index is 11.8. The predicted octanol–water partition coefficient (Wildman–Crippen LogP) is 3.17. The van der Waals surface area contributed by atoms with Gasteiger partial charge in [-0.05, 0) is 48.1 Å². The second-order valence-corrected chi connectivity index (χ2v) is 5.29. The number of thiocarbonyl (C=S) groups is 1. The summed E-state index contributed by atoms with van der Waals surface area (Å²) in [5.74, 6) is -0.437. The van der Waals surface area contributed by atoms with Crippen LogP contribution in [0.4, 0.5) is 11.4 Å². The number of hydrogen-bond acceptors (Lipinski definition) is 5. The molecule has 0 atom stereocenters. The molecule has 1 amide bonds. The standard InChI is InChI=1S/C15H11ClN4O3S/c16-13-7-4-11(9-17-13)18-15(24)19-14(21)8-3-10-1-5-12(6-2-10)20(22)23/h1-9H,(H2,18,19,21,24)/b8-3+. The number of nitrogens with one attached hydrogen (secondary N) is 2. The van der Waals surface area contributed by atoms with Crippen molar-refractivity contribution < 1.29 is 9.72 Å². The van der Waals surface area contributed by atoms with Crippen molar-refractivity contribution in [2.75, 3.05) is 5.32 Å². The topological polar surface area (TPSA) is 97.2 Å². The highest BCUT2D eigenvalue weighted by atomic mass is 35.5. The lowest BCUT2D eigenvalue weighted by Crippen LogP contribution is -2.32. The Morgan fingerprint density at radius 1 is 1.25 bits per heavy atom. The molecule has 122 valence electrons. The van der Waals surface area contributed by atoms with Gasteiger partial charge in [-0.1, -0.05) is 11.6 Å². The minimum absolute atomic E-state index is 0.0152. The van der Waals surface area contributed by atoms with Gasteiger partial charge in [0.05, 0.1) is 16.8 Å². The number of carbonyl (C=O) groups is 1. The zero-order valence-corrected chi connectivity index (χ0v) is 13.7. The van der Waals surface area contributed by atoms with E-state index in [2.05, 4.69) is 15.6 Å². The molecule has 2 aromatic rings. The van der Waals surface area contributed by atoms with Gasteiger partial charge in [0.25, 0.3) is 5.69 Å². The van der Waals surface area contributed by atoms with Crippen LogP contribution in [0.25, 0.3) is 6.08 Å². The third-order valence-corrected chi connectivity index (χ3v) is 3.18. The lowest BCUT2D eigenvalue weighted by Gasteiger charge is -2.07. The number of rotatable bonds is 4. The fraction of sp³-hybridized carbons (Fsp3) is 0. The number of benzene rings is 1. The molecule has 0 aliphatic rings. The number of nitro groups is 1. The van der Waals surface area contributed by atoms with Gasteiger partial charge in [-0.15, -0.1) is 0 Å². The Morgan fingerprint density at radius 3 is 2.54 bits per heavy atom. The summed E-state index contributed by atoms with van der Waals surface area (Å²) in [5.41, 5.74) is 1.22. The number of hydrogen-bond donors (Lipinski definition) is 2. The van der Waals surface area contributed by atoms with Crippen molar-refractivity contribution >= 4 is 52.3 Å². The molecule has 0 spiro atoms. The van der Waals surface area contributed by atoms with Crippen molar-refractivity contribution in [2.24, 2.45) is 0 Å². The van der Waals surface area contributed by atoms with Gasteiger partial charge in [0.2, 0.25) is 5.91 Å². The highest BCUT2D eigenvalue weighted by molar-refractivity contribution is 7.80. The number of anilines is 1. The van der Waals surface area contributed by atoms with Crippen LogP contribution >= 0.6 is 23.8 Å². The Hall–Kier alpha value is -2.84. The van der Waals surface area contributed by atoms with E-state index in [9.17, 15) is 14.9 Å². The number of carbonyl (C=O) groups excluding carboxylic acids is 1. The van der Waals surface area contributed by atoms with Crippen LogP contribution in [0, 0.1) is 10.1 Å². The van der Waals surface area contributed by atoms with Crippen molar-refractivity contribution in [3.8, 4) is 0 Å². The SMILES string of the molecule is O=C(/C=C/c1ccc([N+](=O)[O-])cc1)NC(=S)Nc1ccc(Cl)nc1. The van der Waals surface area contributed by atoms with Crippen LogP contribution in [0.3, 0.4) is 0 Å². The number of amides is 1. The molecule has 0 saturated carbocycles. The van der Waals surface area contributed by atoms with E-state index in [1.807, 2.05) is 0 Å². The van der Waals surface area contributed by atoms with Gasteiger partial charge in [-0.3, -0.25) is 20.2 Å². The number of non-ortho nitro benzene ring substituents is 1. The minimum Gasteiger partial charge on any atom is -0.331 e. The van der Waals surface area contributed by atoms with Gasteiger partial charge in [0.15, 0.2) is 5.11 Å². The van der Waals surface area contributed by atoms with Crippen LogP contribution in [0.5, 0.6) is 0 Å². The number of halogens is 1. The highest BCUT2D eigenvalue weighted by Gasteiger charge is 2.04. The maximum absolute atomic E-state index is 11.8. The third kappa shape index (κ3) is 5.41. The van der Waals surface area contributed by atoms with Crippen LogP contribution in [0.1, 0.15) is 5.56 Å². The quantitative estimate of drug-likeness (QED) is 0.285. The zero-order chi connectivity index (χ0) is 17.5. The molecule has 0 aliphatic carbocycles. The van der Waals surface area contributed by atoms with E-state index in [1.54, 1.807) is 12.1 Å². The minimum atomic E-state index is -0.490. The van der Waals surface area contributed by atoms with Gasteiger partial charge in [0.1, 0.15) is 5.15 Å². The Balaban J connectivity index is 1.88. The van der Waals surface area contributed by atoms with E-state index < -0.39 is 10.8 Å². The first-order valence-electron chi connectivity index (χ1n) is 6.60. The van der Waals surface area contributed by atoms with Crippen LogP contribution in [-0.2, 0) is 4.79 Å². The van der Waals surface area contributed by atoms with E-state index in [1.165, 1.54) is 42.6 Å². The van der Waals surface area contributed by atoms with E-state index in [4.69, 9.17) is 23.8 Å². The molecule has 2 N–H and O–H groups in total. The molecule has 7 nitrogen and oxygen atoms in total. The summed E-state index contributed by atoms with van der Waals surface area (Å²) < 4.78 is 0. The van der Waals surface area contributed by atoms with Gasteiger partial charge in [-0.2, -0.15) is 0 Å². The summed E-state index contributed by atoms with van der Waals surface area (Å²) in [6.07, 6.45) is 4.27. The molecule has 0 bridgehead atoms. The monoisotopic (exact) mass is 362 g/mol. The molecule has 1 aromatic carbocycles. The van der Waals surface area contributed by atoms with E-state index in [0.717, 1.165) is 0 Å². The maximum Gasteiger partial charge on any atom is 0.269 e. The van der Waals surface area contributed by atoms with E-state index in [0.29, 0.717) is 16.4 Å². The van der Waals surface area contributed by atoms with E-state index in [-0.39, 0.29) is 10.8 Å². The molecule has 24 heavy (non-hydrogen) atoms. The third-order valence-electron chi connectivity index (χ3n) is 2.75. The molecule has 0 unspecified atom stereocenters. The van der Waals surface area contributed by atoms with Crippen LogP contribution in [0.2, 0.25) is 5.15 Å². The second-order valence-electron chi connectivity index (χ2n) is 4.49. The smallest absolute Gasteiger partial charge is 0.269 e. The van der Waals surface area contributed by atoms with Crippen molar-refractivity contribution in [1.29, 1.82) is 0 Å². The van der Waals surface area contributed by atoms with Gasteiger partial charge in [-0.25, -0.2) is 4.98 Å². The molecular weight excluding hydrogens is 352 g/mol. The van der Waals surface area contributed by atoms with Gasteiger partial charge in [0, 0.05) is 18.2 Å². The number of nitrogens with zero attached hydrogens (tertiary/aromatic N) is 2. The van der Waals surface area contributed by atoms with Gasteiger partial charge < -0.3 is 5.32 Å². The van der Waals surface area contributed by atoms with Crippen LogP contribution in [-0.4, -0.2) is 20.9 Å². The molecular formula is C15H11ClN4O3S. The summed E-state index contributed by atoms with van der Waals surface area (Å²) in [6.45, 7) is 0. The van der Waals surface area contributed by atoms with Crippen molar-refractivity contribution in [1.82, 2.24) is 10.3 Å². The average molecular weight is 363 g/mol. The average Bonchev–Trinajstić information content (AvgIpc) is 2.55. The van der Waals surface area contributed by atoms with Crippen LogP contribution < -0.4 is 10.6 Å². The first-order valence-corrected chi connectivity index (χ1v) is 7.39. The van der Waals surface area contributed by atoms with Crippen LogP contribution in [0.15, 0.2) is 48.7 Å². The second kappa shape index (κ2) is 8.14. The largest absolute Gasteiger partial charge is 0.331 e. The molecule has 9 heteroatoms. The van der Waals surface area contributed by atoms with E-state index >= 15 is 0 Å². The lowest BCUT2D eigenvalue weighted by atomic mass is 10.2. The van der Waals surface area contributed by atoms with Gasteiger partial charge >= 0.3 is 0 Å². The summed E-state index contributed by atoms with van der Waals surface area (Å²) in [7, 11) is 0. The highest BCUT2D eigenvalue weighted by Crippen LogP contribution is 2.13. The molecule has 0 saturated heterocycles. The van der Waals surface area contributed by atoms with Crippen molar-refractivity contribution in [3.63, 3.8) is 0 Å². The Morgan fingerprint density at radius 2 is 1.96 bits per heavy atom. The first-order chi connectivity index (χ1) is 11.4. The normalized spacial score (nSPS) is 10.4. The molecule has 1 heterocycles. The summed E-state index contributed by atoms with van der Waals surface area (Å²) in [4.78, 5) is 25.7. The lowest BCUT2D eigenvalue weighted by molar-refractivity contribution is -0.384. The Labute approximate surface area is 147 Å². The van der Waals surface area contributed by atoms with Crippen molar-refractivity contribution in [2.45, 2.75) is 0 Å². The first kappa shape index (κ1) is 17.5. The number of pyridine rings is 1. The zero-order valence-electron chi connectivity index (χ0n) is 12.1. The summed E-state index contributed by atoms with van der Waals surface area (Å²) in [6, 6.07) is 9.05. The molecule has 0 radical (unpaired) electrons.